The molecule has 2 fully saturated rings. The van der Waals surface area contributed by atoms with Crippen LogP contribution in [0.25, 0.3) is 0 Å². The van der Waals surface area contributed by atoms with E-state index in [0.29, 0.717) is 6.54 Å². The highest BCUT2D eigenvalue weighted by molar-refractivity contribution is 5.04. The zero-order valence-electron chi connectivity index (χ0n) is 13.8. The molecule has 118 valence electrons. The molecule has 20 heavy (non-hydrogen) atoms. The zero-order chi connectivity index (χ0) is 14.8. The van der Waals surface area contributed by atoms with Crippen molar-refractivity contribution < 1.29 is 5.11 Å². The van der Waals surface area contributed by atoms with Crippen LogP contribution >= 0.6 is 0 Å². The Morgan fingerprint density at radius 2 is 1.60 bits per heavy atom. The first-order valence-electron chi connectivity index (χ1n) is 8.89. The van der Waals surface area contributed by atoms with Gasteiger partial charge >= 0.3 is 0 Å². The van der Waals surface area contributed by atoms with E-state index in [2.05, 4.69) is 20.8 Å². The van der Waals surface area contributed by atoms with Crippen LogP contribution in [-0.4, -0.2) is 17.3 Å². The van der Waals surface area contributed by atoms with E-state index < -0.39 is 5.60 Å². The maximum absolute atomic E-state index is 11.3. The molecule has 0 bridgehead atoms. The summed E-state index contributed by atoms with van der Waals surface area (Å²) in [6, 6.07) is 0. The van der Waals surface area contributed by atoms with E-state index in [-0.39, 0.29) is 5.41 Å². The predicted molar refractivity (Wildman–Crippen MR) is 85.5 cm³/mol. The van der Waals surface area contributed by atoms with Crippen LogP contribution in [0.5, 0.6) is 0 Å². The lowest BCUT2D eigenvalue weighted by Gasteiger charge is -2.53. The smallest absolute Gasteiger partial charge is 0.0716 e. The van der Waals surface area contributed by atoms with Gasteiger partial charge < -0.3 is 10.8 Å². The van der Waals surface area contributed by atoms with Crippen molar-refractivity contribution in [3.05, 3.63) is 0 Å². The minimum atomic E-state index is -0.477. The Balaban J connectivity index is 2.04. The molecule has 2 aliphatic rings. The van der Waals surface area contributed by atoms with Gasteiger partial charge in [0.05, 0.1) is 5.60 Å². The number of aliphatic hydroxyl groups is 1. The number of hydrogen-bond acceptors (Lipinski definition) is 2. The fourth-order valence-corrected chi connectivity index (χ4v) is 4.81. The Hall–Kier alpha value is -0.0800. The summed E-state index contributed by atoms with van der Waals surface area (Å²) in [7, 11) is 0. The Morgan fingerprint density at radius 1 is 1.05 bits per heavy atom. The van der Waals surface area contributed by atoms with E-state index in [4.69, 9.17) is 5.73 Å². The van der Waals surface area contributed by atoms with Gasteiger partial charge in [-0.15, -0.1) is 0 Å². The van der Waals surface area contributed by atoms with Gasteiger partial charge in [0.1, 0.15) is 0 Å². The van der Waals surface area contributed by atoms with Crippen LogP contribution in [0.15, 0.2) is 0 Å². The topological polar surface area (TPSA) is 46.2 Å². The summed E-state index contributed by atoms with van der Waals surface area (Å²) in [6.45, 7) is 7.62. The van der Waals surface area contributed by atoms with E-state index in [1.807, 2.05) is 0 Å². The summed E-state index contributed by atoms with van der Waals surface area (Å²) in [4.78, 5) is 0. The van der Waals surface area contributed by atoms with Gasteiger partial charge in [-0.2, -0.15) is 0 Å². The van der Waals surface area contributed by atoms with Crippen molar-refractivity contribution in [1.82, 2.24) is 0 Å². The fraction of sp³-hybridized carbons (Fsp3) is 1.00. The Morgan fingerprint density at radius 3 is 2.00 bits per heavy atom. The van der Waals surface area contributed by atoms with Crippen LogP contribution in [0.2, 0.25) is 0 Å². The third kappa shape index (κ3) is 2.92. The summed E-state index contributed by atoms with van der Waals surface area (Å²) < 4.78 is 0. The molecule has 2 rings (SSSR count). The van der Waals surface area contributed by atoms with Crippen molar-refractivity contribution in [2.75, 3.05) is 6.54 Å². The van der Waals surface area contributed by atoms with Gasteiger partial charge in [-0.1, -0.05) is 27.2 Å². The van der Waals surface area contributed by atoms with Crippen LogP contribution in [0.4, 0.5) is 0 Å². The zero-order valence-corrected chi connectivity index (χ0v) is 13.8. The molecule has 0 heterocycles. The molecule has 0 spiro atoms. The molecule has 0 saturated heterocycles. The molecule has 0 aromatic rings. The predicted octanol–water partition coefficient (Wildman–Crippen LogP) is 4.11. The monoisotopic (exact) mass is 281 g/mol. The third-order valence-electron chi connectivity index (χ3n) is 6.82. The molecular weight excluding hydrogens is 246 g/mol. The van der Waals surface area contributed by atoms with Crippen molar-refractivity contribution in [2.45, 2.75) is 84.2 Å². The molecule has 2 aliphatic carbocycles. The molecule has 3 N–H and O–H groups in total. The lowest BCUT2D eigenvalue weighted by atomic mass is 9.55. The molecule has 0 amide bonds. The van der Waals surface area contributed by atoms with Crippen molar-refractivity contribution in [2.24, 2.45) is 28.9 Å². The van der Waals surface area contributed by atoms with Crippen molar-refractivity contribution >= 4 is 0 Å². The summed E-state index contributed by atoms with van der Waals surface area (Å²) in [5.41, 5.74) is 5.72. The molecule has 0 aromatic heterocycles. The highest BCUT2D eigenvalue weighted by atomic mass is 16.3. The van der Waals surface area contributed by atoms with Gasteiger partial charge in [0, 0.05) is 12.0 Å². The first-order valence-corrected chi connectivity index (χ1v) is 8.89. The Labute approximate surface area is 125 Å². The Bertz CT molecular complexity index is 297. The molecule has 2 saturated carbocycles. The molecule has 0 aromatic carbocycles. The number of hydrogen-bond donors (Lipinski definition) is 2. The number of rotatable bonds is 4. The molecule has 0 unspecified atom stereocenters. The first-order chi connectivity index (χ1) is 9.46. The maximum atomic E-state index is 11.3. The average Bonchev–Trinajstić information content (AvgIpc) is 2.48. The standard InChI is InChI=1S/C18H35NO/c1-4-15-5-11-18(20,12-6-15)17(13-19)9-7-16(8-10-17)14(2)3/h14-16,20H,4-13,19H2,1-3H3. The first kappa shape index (κ1) is 16.3. The molecule has 2 nitrogen and oxygen atoms in total. The van der Waals surface area contributed by atoms with E-state index in [0.717, 1.165) is 43.4 Å². The lowest BCUT2D eigenvalue weighted by molar-refractivity contribution is -0.134. The summed E-state index contributed by atoms with van der Waals surface area (Å²) >= 11 is 0. The van der Waals surface area contributed by atoms with Crippen molar-refractivity contribution in [3.63, 3.8) is 0 Å². The van der Waals surface area contributed by atoms with Gasteiger partial charge in [-0.25, -0.2) is 0 Å². The molecule has 0 atom stereocenters. The van der Waals surface area contributed by atoms with Gasteiger partial charge in [-0.05, 0) is 69.1 Å². The maximum Gasteiger partial charge on any atom is 0.0716 e. The van der Waals surface area contributed by atoms with Gasteiger partial charge in [0.25, 0.3) is 0 Å². The minimum Gasteiger partial charge on any atom is -0.389 e. The SMILES string of the molecule is CCC1CCC(O)(C2(CN)CCC(C(C)C)CC2)CC1. The van der Waals surface area contributed by atoms with Crippen LogP contribution in [0.1, 0.15) is 78.6 Å². The minimum absolute atomic E-state index is 0.0110. The quantitative estimate of drug-likeness (QED) is 0.814. The highest BCUT2D eigenvalue weighted by Crippen LogP contribution is 2.53. The fourth-order valence-electron chi connectivity index (χ4n) is 4.81. The summed E-state index contributed by atoms with van der Waals surface area (Å²) in [6.07, 6.45) is 10.4. The Kier molecular flexibility index (Phi) is 5.18. The normalized spacial score (nSPS) is 42.9. The van der Waals surface area contributed by atoms with Crippen LogP contribution in [-0.2, 0) is 0 Å². The van der Waals surface area contributed by atoms with Crippen molar-refractivity contribution in [1.29, 1.82) is 0 Å². The summed E-state index contributed by atoms with van der Waals surface area (Å²) in [5, 5.41) is 11.3. The van der Waals surface area contributed by atoms with Gasteiger partial charge in [-0.3, -0.25) is 0 Å². The van der Waals surface area contributed by atoms with Crippen LogP contribution < -0.4 is 5.73 Å². The second-order valence-electron chi connectivity index (χ2n) is 7.95. The third-order valence-corrected chi connectivity index (χ3v) is 6.82. The van der Waals surface area contributed by atoms with E-state index in [1.54, 1.807) is 0 Å². The van der Waals surface area contributed by atoms with Gasteiger partial charge in [0.2, 0.25) is 0 Å². The van der Waals surface area contributed by atoms with Crippen LogP contribution in [0, 0.1) is 23.2 Å². The largest absolute Gasteiger partial charge is 0.389 e. The summed E-state index contributed by atoms with van der Waals surface area (Å²) in [5.74, 6) is 2.44. The molecule has 0 aliphatic heterocycles. The number of nitrogens with two attached hydrogens (primary N) is 1. The second kappa shape index (κ2) is 6.36. The van der Waals surface area contributed by atoms with Crippen molar-refractivity contribution in [3.8, 4) is 0 Å². The van der Waals surface area contributed by atoms with E-state index >= 15 is 0 Å². The van der Waals surface area contributed by atoms with Gasteiger partial charge in [0.15, 0.2) is 0 Å². The molecule has 0 radical (unpaired) electrons. The lowest BCUT2D eigenvalue weighted by Crippen LogP contribution is -2.56. The average molecular weight is 281 g/mol. The van der Waals surface area contributed by atoms with Crippen LogP contribution in [0.3, 0.4) is 0 Å². The second-order valence-corrected chi connectivity index (χ2v) is 7.95. The molecule has 2 heteroatoms. The van der Waals surface area contributed by atoms with E-state index in [9.17, 15) is 5.11 Å². The molecular formula is C18H35NO. The van der Waals surface area contributed by atoms with E-state index in [1.165, 1.54) is 32.1 Å². The highest BCUT2D eigenvalue weighted by Gasteiger charge is 2.51.